The Balaban J connectivity index is 1.88. The van der Waals surface area contributed by atoms with Crippen LogP contribution in [0, 0.1) is 0 Å². The molecule has 1 unspecified atom stereocenters. The smallest absolute Gasteiger partial charge is 0.0447 e. The third kappa shape index (κ3) is 2.51. The van der Waals surface area contributed by atoms with Gasteiger partial charge < -0.3 is 5.73 Å². The summed E-state index contributed by atoms with van der Waals surface area (Å²) in [6.07, 6.45) is 5.65. The van der Waals surface area contributed by atoms with Crippen LogP contribution in [0.3, 0.4) is 0 Å². The van der Waals surface area contributed by atoms with E-state index in [1.807, 2.05) is 0 Å². The van der Waals surface area contributed by atoms with Gasteiger partial charge in [0.1, 0.15) is 0 Å². The first kappa shape index (κ1) is 13.4. The van der Waals surface area contributed by atoms with E-state index in [0.717, 1.165) is 12.8 Å². The van der Waals surface area contributed by atoms with Gasteiger partial charge in [-0.1, -0.05) is 55.5 Å². The lowest BCUT2D eigenvalue weighted by molar-refractivity contribution is 0.425. The highest BCUT2D eigenvalue weighted by Crippen LogP contribution is 2.29. The van der Waals surface area contributed by atoms with Crippen LogP contribution in [0.2, 0.25) is 0 Å². The van der Waals surface area contributed by atoms with Gasteiger partial charge in [0.25, 0.3) is 0 Å². The van der Waals surface area contributed by atoms with Gasteiger partial charge in [0.2, 0.25) is 0 Å². The summed E-state index contributed by atoms with van der Waals surface area (Å²) < 4.78 is 0. The molecule has 1 nitrogen and oxygen atoms in total. The molecule has 1 atom stereocenters. The third-order valence-corrected chi connectivity index (χ3v) is 4.66. The quantitative estimate of drug-likeness (QED) is 0.889. The van der Waals surface area contributed by atoms with Crippen molar-refractivity contribution in [1.82, 2.24) is 0 Å². The molecule has 0 bridgehead atoms. The standard InChI is InChI=1S/C19H23N/c1-2-19(20,18-9-4-3-5-10-18)14-15-11-12-16-7-6-8-17(16)13-15/h3-5,9-13H,2,6-8,14,20H2,1H3. The van der Waals surface area contributed by atoms with Crippen LogP contribution in [0.1, 0.15) is 42.0 Å². The summed E-state index contributed by atoms with van der Waals surface area (Å²) in [4.78, 5) is 0. The predicted molar refractivity (Wildman–Crippen MR) is 84.8 cm³/mol. The summed E-state index contributed by atoms with van der Waals surface area (Å²) in [7, 11) is 0. The van der Waals surface area contributed by atoms with E-state index in [9.17, 15) is 0 Å². The van der Waals surface area contributed by atoms with E-state index < -0.39 is 0 Å². The summed E-state index contributed by atoms with van der Waals surface area (Å²) in [5.74, 6) is 0. The normalized spacial score (nSPS) is 16.7. The van der Waals surface area contributed by atoms with Gasteiger partial charge in [-0.2, -0.15) is 0 Å². The summed E-state index contributed by atoms with van der Waals surface area (Å²) in [6, 6.07) is 17.5. The van der Waals surface area contributed by atoms with Crippen molar-refractivity contribution < 1.29 is 0 Å². The molecule has 2 N–H and O–H groups in total. The monoisotopic (exact) mass is 265 g/mol. The van der Waals surface area contributed by atoms with Crippen molar-refractivity contribution in [2.45, 2.75) is 44.6 Å². The number of hydrogen-bond donors (Lipinski definition) is 1. The van der Waals surface area contributed by atoms with Gasteiger partial charge in [-0.05, 0) is 54.4 Å². The Kier molecular flexibility index (Phi) is 3.62. The van der Waals surface area contributed by atoms with E-state index in [1.54, 1.807) is 0 Å². The molecule has 2 aromatic rings. The van der Waals surface area contributed by atoms with Crippen LogP contribution in [-0.2, 0) is 24.8 Å². The van der Waals surface area contributed by atoms with Crippen LogP contribution in [-0.4, -0.2) is 0 Å². The van der Waals surface area contributed by atoms with Crippen LogP contribution in [0.5, 0.6) is 0 Å². The second-order valence-corrected chi connectivity index (χ2v) is 6.01. The Morgan fingerprint density at radius 1 is 1.00 bits per heavy atom. The van der Waals surface area contributed by atoms with Crippen LogP contribution in [0.25, 0.3) is 0 Å². The Bertz CT molecular complexity index is 588. The first-order valence-electron chi connectivity index (χ1n) is 7.66. The molecule has 104 valence electrons. The minimum Gasteiger partial charge on any atom is -0.321 e. The van der Waals surface area contributed by atoms with E-state index in [0.29, 0.717) is 0 Å². The minimum atomic E-state index is -0.256. The lowest BCUT2D eigenvalue weighted by Crippen LogP contribution is -2.38. The summed E-state index contributed by atoms with van der Waals surface area (Å²) in [5, 5.41) is 0. The fourth-order valence-electron chi connectivity index (χ4n) is 3.30. The van der Waals surface area contributed by atoms with Gasteiger partial charge in [-0.3, -0.25) is 0 Å². The molecular weight excluding hydrogens is 242 g/mol. The average Bonchev–Trinajstić information content (AvgIpc) is 2.95. The van der Waals surface area contributed by atoms with Gasteiger partial charge in [-0.25, -0.2) is 0 Å². The summed E-state index contributed by atoms with van der Waals surface area (Å²) >= 11 is 0. The molecule has 3 rings (SSSR count). The molecule has 2 aromatic carbocycles. The second kappa shape index (κ2) is 5.41. The Hall–Kier alpha value is -1.60. The first-order chi connectivity index (χ1) is 9.71. The maximum Gasteiger partial charge on any atom is 0.0447 e. The molecule has 0 fully saturated rings. The van der Waals surface area contributed by atoms with Crippen molar-refractivity contribution in [1.29, 1.82) is 0 Å². The molecule has 0 heterocycles. The van der Waals surface area contributed by atoms with Crippen LogP contribution < -0.4 is 5.73 Å². The highest BCUT2D eigenvalue weighted by atomic mass is 14.7. The molecule has 0 aromatic heterocycles. The number of hydrogen-bond acceptors (Lipinski definition) is 1. The van der Waals surface area contributed by atoms with Crippen LogP contribution >= 0.6 is 0 Å². The van der Waals surface area contributed by atoms with Crippen molar-refractivity contribution in [3.05, 3.63) is 70.8 Å². The molecule has 0 aliphatic heterocycles. The molecule has 1 aliphatic carbocycles. The van der Waals surface area contributed by atoms with Crippen molar-refractivity contribution in [2.75, 3.05) is 0 Å². The number of benzene rings is 2. The Morgan fingerprint density at radius 2 is 1.75 bits per heavy atom. The Labute approximate surface area is 121 Å². The number of rotatable bonds is 4. The predicted octanol–water partition coefficient (Wildman–Crippen LogP) is 3.98. The fraction of sp³-hybridized carbons (Fsp3) is 0.368. The Morgan fingerprint density at radius 3 is 2.50 bits per heavy atom. The molecule has 1 aliphatic rings. The van der Waals surface area contributed by atoms with E-state index >= 15 is 0 Å². The van der Waals surface area contributed by atoms with Crippen molar-refractivity contribution in [3.8, 4) is 0 Å². The zero-order chi connectivity index (χ0) is 14.0. The molecule has 1 heteroatoms. The van der Waals surface area contributed by atoms with Gasteiger partial charge >= 0.3 is 0 Å². The number of aryl methyl sites for hydroxylation is 2. The highest BCUT2D eigenvalue weighted by Gasteiger charge is 2.25. The lowest BCUT2D eigenvalue weighted by Gasteiger charge is -2.29. The van der Waals surface area contributed by atoms with Crippen molar-refractivity contribution in [2.24, 2.45) is 5.73 Å². The first-order valence-corrected chi connectivity index (χ1v) is 7.66. The van der Waals surface area contributed by atoms with Crippen molar-refractivity contribution in [3.63, 3.8) is 0 Å². The number of fused-ring (bicyclic) bond motifs is 1. The zero-order valence-electron chi connectivity index (χ0n) is 12.2. The van der Waals surface area contributed by atoms with E-state index in [4.69, 9.17) is 5.73 Å². The van der Waals surface area contributed by atoms with Crippen molar-refractivity contribution >= 4 is 0 Å². The van der Waals surface area contributed by atoms with Gasteiger partial charge in [0.15, 0.2) is 0 Å². The van der Waals surface area contributed by atoms with Gasteiger partial charge in [-0.15, -0.1) is 0 Å². The molecule has 0 saturated heterocycles. The molecule has 20 heavy (non-hydrogen) atoms. The fourth-order valence-corrected chi connectivity index (χ4v) is 3.30. The minimum absolute atomic E-state index is 0.256. The second-order valence-electron chi connectivity index (χ2n) is 6.01. The maximum atomic E-state index is 6.70. The topological polar surface area (TPSA) is 26.0 Å². The highest BCUT2D eigenvalue weighted by molar-refractivity contribution is 5.37. The largest absolute Gasteiger partial charge is 0.321 e. The zero-order valence-corrected chi connectivity index (χ0v) is 12.2. The molecular formula is C19H23N. The third-order valence-electron chi connectivity index (χ3n) is 4.66. The molecule has 0 saturated carbocycles. The van der Waals surface area contributed by atoms with Gasteiger partial charge in [0.05, 0.1) is 0 Å². The average molecular weight is 265 g/mol. The van der Waals surface area contributed by atoms with E-state index in [2.05, 4.69) is 55.5 Å². The van der Waals surface area contributed by atoms with Gasteiger partial charge in [0, 0.05) is 5.54 Å². The SMILES string of the molecule is CCC(N)(Cc1ccc2c(c1)CCC2)c1ccccc1. The number of nitrogens with two attached hydrogens (primary N) is 1. The van der Waals surface area contributed by atoms with E-state index in [-0.39, 0.29) is 5.54 Å². The van der Waals surface area contributed by atoms with E-state index in [1.165, 1.54) is 41.5 Å². The maximum absolute atomic E-state index is 6.70. The summed E-state index contributed by atoms with van der Waals surface area (Å²) in [6.45, 7) is 2.18. The molecule has 0 amide bonds. The summed E-state index contributed by atoms with van der Waals surface area (Å²) in [5.41, 5.74) is 12.1. The lowest BCUT2D eigenvalue weighted by atomic mass is 9.82. The van der Waals surface area contributed by atoms with Crippen LogP contribution in [0.15, 0.2) is 48.5 Å². The molecule has 0 spiro atoms. The molecule has 0 radical (unpaired) electrons. The van der Waals surface area contributed by atoms with Crippen LogP contribution in [0.4, 0.5) is 0 Å².